The number of β-amino-alcohol motifs (C(OH)–C–C–N with tert-alkyl or cyclic N) is 1. The summed E-state index contributed by atoms with van der Waals surface area (Å²) in [5, 5.41) is 21.7. The molecular weight excluding hydrogens is 382 g/mol. The molecule has 1 aromatic rings. The largest absolute Gasteiger partial charge is 0.391 e. The van der Waals surface area contributed by atoms with Gasteiger partial charge in [-0.1, -0.05) is 13.8 Å². The predicted molar refractivity (Wildman–Crippen MR) is 107 cm³/mol. The summed E-state index contributed by atoms with van der Waals surface area (Å²) in [6.07, 6.45) is 3.67. The first-order valence-corrected chi connectivity index (χ1v) is 11.4. The van der Waals surface area contributed by atoms with Gasteiger partial charge in [-0.25, -0.2) is 13.1 Å². The maximum Gasteiger partial charge on any atom is 0.293 e. The van der Waals surface area contributed by atoms with E-state index >= 15 is 0 Å². The fraction of sp³-hybridized carbons (Fsp3) is 0.684. The van der Waals surface area contributed by atoms with Crippen LogP contribution in [0.4, 0.5) is 11.4 Å². The first-order chi connectivity index (χ1) is 13.2. The number of nitro benzene ring substituents is 1. The van der Waals surface area contributed by atoms with E-state index in [1.54, 1.807) is 4.90 Å². The highest BCUT2D eigenvalue weighted by Gasteiger charge is 2.31. The number of nitrogens with one attached hydrogen (secondary N) is 1. The van der Waals surface area contributed by atoms with Crippen LogP contribution in [0.5, 0.6) is 0 Å². The molecule has 156 valence electrons. The molecule has 9 heteroatoms. The van der Waals surface area contributed by atoms with Gasteiger partial charge in [-0.3, -0.25) is 10.1 Å². The summed E-state index contributed by atoms with van der Waals surface area (Å²) >= 11 is 0. The van der Waals surface area contributed by atoms with E-state index in [2.05, 4.69) is 11.6 Å². The molecular formula is C19H29N3O5S. The molecule has 0 radical (unpaired) electrons. The van der Waals surface area contributed by atoms with Crippen molar-refractivity contribution < 1.29 is 18.4 Å². The third kappa shape index (κ3) is 4.64. The lowest BCUT2D eigenvalue weighted by molar-refractivity contribution is -0.384. The first kappa shape index (κ1) is 21.0. The molecule has 1 aromatic carbocycles. The zero-order valence-corrected chi connectivity index (χ0v) is 17.2. The molecule has 2 N–H and O–H groups in total. The highest BCUT2D eigenvalue weighted by atomic mass is 32.2. The fourth-order valence-electron chi connectivity index (χ4n) is 4.02. The van der Waals surface area contributed by atoms with Gasteiger partial charge in [0, 0.05) is 25.2 Å². The molecule has 2 unspecified atom stereocenters. The summed E-state index contributed by atoms with van der Waals surface area (Å²) < 4.78 is 28.2. The fourth-order valence-corrected chi connectivity index (χ4v) is 5.34. The molecule has 2 fully saturated rings. The highest BCUT2D eigenvalue weighted by molar-refractivity contribution is 7.89. The second-order valence-corrected chi connectivity index (χ2v) is 9.98. The summed E-state index contributed by atoms with van der Waals surface area (Å²) in [4.78, 5) is 12.7. The summed E-state index contributed by atoms with van der Waals surface area (Å²) in [6.45, 7) is 4.99. The topological polar surface area (TPSA) is 113 Å². The number of anilines is 1. The average Bonchev–Trinajstić information content (AvgIpc) is 2.65. The Labute approximate surface area is 166 Å². The lowest BCUT2D eigenvalue weighted by Crippen LogP contribution is -2.43. The lowest BCUT2D eigenvalue weighted by Gasteiger charge is -2.35. The average molecular weight is 412 g/mol. The van der Waals surface area contributed by atoms with Gasteiger partial charge in [0.1, 0.15) is 5.69 Å². The Morgan fingerprint density at radius 3 is 2.46 bits per heavy atom. The van der Waals surface area contributed by atoms with Crippen molar-refractivity contribution in [3.63, 3.8) is 0 Å². The van der Waals surface area contributed by atoms with Crippen molar-refractivity contribution in [3.8, 4) is 0 Å². The van der Waals surface area contributed by atoms with Gasteiger partial charge in [0.05, 0.1) is 15.9 Å². The molecule has 2 aliphatic rings. The Balaban J connectivity index is 1.83. The molecule has 28 heavy (non-hydrogen) atoms. The van der Waals surface area contributed by atoms with E-state index in [4.69, 9.17) is 0 Å². The van der Waals surface area contributed by atoms with E-state index in [0.717, 1.165) is 38.2 Å². The Morgan fingerprint density at radius 2 is 1.86 bits per heavy atom. The number of nitrogens with zero attached hydrogens (tertiary/aromatic N) is 2. The van der Waals surface area contributed by atoms with Gasteiger partial charge in [-0.05, 0) is 56.1 Å². The van der Waals surface area contributed by atoms with Crippen LogP contribution >= 0.6 is 0 Å². The Kier molecular flexibility index (Phi) is 6.26. The zero-order chi connectivity index (χ0) is 20.5. The van der Waals surface area contributed by atoms with Crippen LogP contribution in [-0.4, -0.2) is 43.7 Å². The smallest absolute Gasteiger partial charge is 0.293 e. The number of piperidine rings is 1. The van der Waals surface area contributed by atoms with Gasteiger partial charge in [-0.2, -0.15) is 0 Å². The van der Waals surface area contributed by atoms with Crippen molar-refractivity contribution in [2.75, 3.05) is 18.0 Å². The maximum absolute atomic E-state index is 12.8. The Morgan fingerprint density at radius 1 is 1.18 bits per heavy atom. The minimum absolute atomic E-state index is 0.0903. The second kappa shape index (κ2) is 8.34. The molecule has 1 heterocycles. The molecule has 1 saturated heterocycles. The molecule has 0 spiro atoms. The number of benzene rings is 1. The maximum atomic E-state index is 12.8. The molecule has 1 saturated carbocycles. The van der Waals surface area contributed by atoms with Crippen molar-refractivity contribution in [2.24, 2.45) is 11.8 Å². The van der Waals surface area contributed by atoms with E-state index in [1.165, 1.54) is 12.1 Å². The van der Waals surface area contributed by atoms with Crippen LogP contribution < -0.4 is 9.62 Å². The summed E-state index contributed by atoms with van der Waals surface area (Å²) in [6, 6.07) is 3.91. The monoisotopic (exact) mass is 411 g/mol. The first-order valence-electron chi connectivity index (χ1n) is 9.91. The van der Waals surface area contributed by atoms with Crippen LogP contribution in [0.2, 0.25) is 0 Å². The minimum Gasteiger partial charge on any atom is -0.391 e. The molecule has 0 amide bonds. The molecule has 1 aliphatic carbocycles. The Bertz CT molecular complexity index is 821. The molecule has 2 atom stereocenters. The number of aliphatic hydroxyl groups excluding tert-OH is 1. The third-order valence-corrected chi connectivity index (χ3v) is 7.57. The number of hydrogen-bond donors (Lipinski definition) is 2. The molecule has 0 aromatic heterocycles. The van der Waals surface area contributed by atoms with Crippen LogP contribution in [0.25, 0.3) is 0 Å². The van der Waals surface area contributed by atoms with E-state index in [0.29, 0.717) is 24.7 Å². The molecule has 8 nitrogen and oxygen atoms in total. The van der Waals surface area contributed by atoms with Crippen molar-refractivity contribution in [2.45, 2.75) is 63.0 Å². The summed E-state index contributed by atoms with van der Waals surface area (Å²) in [5.41, 5.74) is 0.100. The van der Waals surface area contributed by atoms with Crippen molar-refractivity contribution in [1.82, 2.24) is 4.72 Å². The normalized spacial score (nSPS) is 28.9. The number of nitro groups is 1. The third-order valence-electron chi connectivity index (χ3n) is 6.05. The molecule has 1 aliphatic heterocycles. The zero-order valence-electron chi connectivity index (χ0n) is 16.4. The lowest BCUT2D eigenvalue weighted by atomic mass is 9.88. The van der Waals surface area contributed by atoms with Crippen molar-refractivity contribution in [1.29, 1.82) is 0 Å². The van der Waals surface area contributed by atoms with Crippen LogP contribution in [-0.2, 0) is 10.0 Å². The van der Waals surface area contributed by atoms with E-state index in [-0.39, 0.29) is 22.5 Å². The van der Waals surface area contributed by atoms with Gasteiger partial charge < -0.3 is 10.0 Å². The van der Waals surface area contributed by atoms with Gasteiger partial charge in [-0.15, -0.1) is 0 Å². The summed E-state index contributed by atoms with van der Waals surface area (Å²) in [5.74, 6) is 0.737. The molecule has 3 rings (SSSR count). The standard InChI is InChI=1S/C19H29N3O5S/c1-13-3-5-15(6-4-13)20-28(26,27)16-7-8-17(18(11-16)22(24)25)21-10-9-14(2)19(23)12-21/h7-8,11,13-15,19-20,23H,3-6,9-10,12H2,1-2H3. The van der Waals surface area contributed by atoms with E-state index in [1.807, 2.05) is 6.92 Å². The second-order valence-electron chi connectivity index (χ2n) is 8.27. The van der Waals surface area contributed by atoms with Crippen LogP contribution in [0, 0.1) is 22.0 Å². The number of rotatable bonds is 5. The van der Waals surface area contributed by atoms with Gasteiger partial charge >= 0.3 is 0 Å². The van der Waals surface area contributed by atoms with Crippen molar-refractivity contribution in [3.05, 3.63) is 28.3 Å². The number of hydrogen-bond acceptors (Lipinski definition) is 6. The van der Waals surface area contributed by atoms with E-state index in [9.17, 15) is 23.6 Å². The highest BCUT2D eigenvalue weighted by Crippen LogP contribution is 2.34. The van der Waals surface area contributed by atoms with E-state index < -0.39 is 21.1 Å². The minimum atomic E-state index is -3.82. The Hall–Kier alpha value is -1.71. The number of aliphatic hydroxyl groups is 1. The molecule has 0 bridgehead atoms. The number of sulfonamides is 1. The van der Waals surface area contributed by atoms with Crippen LogP contribution in [0.3, 0.4) is 0 Å². The SMILES string of the molecule is CC1CCC(NS(=O)(=O)c2ccc(N3CCC(C)C(O)C3)c([N+](=O)[O-])c2)CC1. The van der Waals surface area contributed by atoms with Gasteiger partial charge in [0.15, 0.2) is 0 Å². The predicted octanol–water partition coefficient (Wildman–Crippen LogP) is 2.66. The van der Waals surface area contributed by atoms with Crippen LogP contribution in [0.15, 0.2) is 23.1 Å². The van der Waals surface area contributed by atoms with Gasteiger partial charge in [0.2, 0.25) is 10.0 Å². The van der Waals surface area contributed by atoms with Gasteiger partial charge in [0.25, 0.3) is 5.69 Å². The summed E-state index contributed by atoms with van der Waals surface area (Å²) in [7, 11) is -3.82. The van der Waals surface area contributed by atoms with Crippen LogP contribution in [0.1, 0.15) is 46.0 Å². The van der Waals surface area contributed by atoms with Crippen molar-refractivity contribution >= 4 is 21.4 Å². The quantitative estimate of drug-likeness (QED) is 0.569.